The van der Waals surface area contributed by atoms with Crippen LogP contribution >= 0.6 is 12.4 Å². The van der Waals surface area contributed by atoms with Crippen molar-refractivity contribution in [3.63, 3.8) is 0 Å². The topological polar surface area (TPSA) is 64.7 Å². The second-order valence-corrected chi connectivity index (χ2v) is 8.74. The normalized spacial score (nSPS) is 19.2. The second kappa shape index (κ2) is 7.95. The lowest BCUT2D eigenvalue weighted by Gasteiger charge is -2.23. The Labute approximate surface area is 198 Å². The van der Waals surface area contributed by atoms with Gasteiger partial charge >= 0.3 is 6.18 Å². The highest BCUT2D eigenvalue weighted by Crippen LogP contribution is 2.41. The molecule has 4 aromatic rings. The molecule has 2 unspecified atom stereocenters. The first-order valence-corrected chi connectivity index (χ1v) is 10.8. The summed E-state index contributed by atoms with van der Waals surface area (Å²) in [7, 11) is 2.08. The van der Waals surface area contributed by atoms with Gasteiger partial charge in [0.25, 0.3) is 5.56 Å². The molecule has 1 N–H and O–H groups in total. The Morgan fingerprint density at radius 1 is 1.06 bits per heavy atom. The minimum Gasteiger partial charge on any atom is -0.347 e. The van der Waals surface area contributed by atoms with E-state index in [1.807, 2.05) is 12.1 Å². The Hall–Kier alpha value is -3.17. The predicted molar refractivity (Wildman–Crippen MR) is 124 cm³/mol. The molecular weight excluding hydrogens is 467 g/mol. The van der Waals surface area contributed by atoms with Crippen LogP contribution in [-0.4, -0.2) is 25.1 Å². The van der Waals surface area contributed by atoms with E-state index in [1.165, 1.54) is 33.7 Å². The SMILES string of the molecule is Cl.Cn1c2c(c3ccc(-n4ccc(-c5cnc(C(F)(F)F)nc5)cc4=O)cc31)C1CCC(C2)N1. The van der Waals surface area contributed by atoms with Gasteiger partial charge in [-0.25, -0.2) is 9.97 Å². The first kappa shape index (κ1) is 22.6. The van der Waals surface area contributed by atoms with E-state index in [-0.39, 0.29) is 18.0 Å². The maximum atomic E-state index is 12.9. The van der Waals surface area contributed by atoms with Crippen LogP contribution in [0.3, 0.4) is 0 Å². The van der Waals surface area contributed by atoms with Crippen LogP contribution in [0.2, 0.25) is 0 Å². The van der Waals surface area contributed by atoms with Gasteiger partial charge in [-0.1, -0.05) is 6.07 Å². The van der Waals surface area contributed by atoms with Gasteiger partial charge in [-0.2, -0.15) is 13.2 Å². The zero-order valence-corrected chi connectivity index (χ0v) is 19.0. The van der Waals surface area contributed by atoms with E-state index in [2.05, 4.69) is 33.0 Å². The number of hydrogen-bond acceptors (Lipinski definition) is 4. The highest BCUT2D eigenvalue weighted by molar-refractivity contribution is 5.88. The quantitative estimate of drug-likeness (QED) is 0.449. The van der Waals surface area contributed by atoms with E-state index in [1.54, 1.807) is 12.3 Å². The second-order valence-electron chi connectivity index (χ2n) is 8.74. The lowest BCUT2D eigenvalue weighted by molar-refractivity contribution is -0.144. The fourth-order valence-corrected chi connectivity index (χ4v) is 5.23. The molecule has 1 aromatic carbocycles. The molecule has 176 valence electrons. The van der Waals surface area contributed by atoms with E-state index in [4.69, 9.17) is 0 Å². The van der Waals surface area contributed by atoms with E-state index in [0.717, 1.165) is 36.4 Å². The fraction of sp³-hybridized carbons (Fsp3) is 0.292. The number of aromatic nitrogens is 4. The van der Waals surface area contributed by atoms with Gasteiger partial charge in [-0.3, -0.25) is 9.36 Å². The monoisotopic (exact) mass is 487 g/mol. The smallest absolute Gasteiger partial charge is 0.347 e. The van der Waals surface area contributed by atoms with Crippen molar-refractivity contribution in [1.29, 1.82) is 0 Å². The molecule has 1 saturated heterocycles. The van der Waals surface area contributed by atoms with Crippen molar-refractivity contribution >= 4 is 23.3 Å². The molecule has 3 aromatic heterocycles. The summed E-state index contributed by atoms with van der Waals surface area (Å²) >= 11 is 0. The predicted octanol–water partition coefficient (Wildman–Crippen LogP) is 4.58. The number of fused-ring (bicyclic) bond motifs is 6. The molecule has 2 aliphatic heterocycles. The number of rotatable bonds is 2. The van der Waals surface area contributed by atoms with Crippen molar-refractivity contribution in [2.45, 2.75) is 37.5 Å². The average Bonchev–Trinajstić information content (AvgIpc) is 3.31. The molecule has 34 heavy (non-hydrogen) atoms. The van der Waals surface area contributed by atoms with E-state index >= 15 is 0 Å². The largest absolute Gasteiger partial charge is 0.451 e. The summed E-state index contributed by atoms with van der Waals surface area (Å²) < 4.78 is 41.9. The molecule has 0 saturated carbocycles. The van der Waals surface area contributed by atoms with Crippen LogP contribution in [-0.2, 0) is 19.6 Å². The molecule has 10 heteroatoms. The number of benzene rings is 1. The van der Waals surface area contributed by atoms with Gasteiger partial charge in [0, 0.05) is 66.9 Å². The van der Waals surface area contributed by atoms with Crippen molar-refractivity contribution in [2.24, 2.45) is 7.05 Å². The van der Waals surface area contributed by atoms with Crippen molar-refractivity contribution in [3.05, 3.63) is 76.4 Å². The van der Waals surface area contributed by atoms with Gasteiger partial charge in [0.2, 0.25) is 5.82 Å². The van der Waals surface area contributed by atoms with Gasteiger partial charge in [-0.15, -0.1) is 12.4 Å². The number of nitrogens with one attached hydrogen (secondary N) is 1. The lowest BCUT2D eigenvalue weighted by atomic mass is 9.99. The number of hydrogen-bond donors (Lipinski definition) is 1. The van der Waals surface area contributed by atoms with Gasteiger partial charge < -0.3 is 9.88 Å². The molecule has 2 bridgehead atoms. The standard InChI is InChI=1S/C24H20F3N5O.ClH/c1-31-19-10-16(3-4-17(19)22-18-5-2-15(30-18)9-20(22)31)32-7-6-13(8-21(32)33)14-11-28-23(29-12-14)24(25,26)27;/h3-4,6-8,10-12,15,18,30H,2,5,9H2,1H3;1H. The Balaban J connectivity index is 0.00000241. The summed E-state index contributed by atoms with van der Waals surface area (Å²) in [5, 5.41) is 4.91. The number of nitrogens with zero attached hydrogens (tertiary/aromatic N) is 4. The van der Waals surface area contributed by atoms with Gasteiger partial charge in [0.15, 0.2) is 0 Å². The molecule has 0 radical (unpaired) electrons. The van der Waals surface area contributed by atoms with Crippen molar-refractivity contribution in [1.82, 2.24) is 24.4 Å². The number of pyridine rings is 1. The molecule has 0 spiro atoms. The Bertz CT molecular complexity index is 1460. The van der Waals surface area contributed by atoms with Crippen molar-refractivity contribution in [2.75, 3.05) is 0 Å². The van der Waals surface area contributed by atoms with Crippen LogP contribution in [0.4, 0.5) is 13.2 Å². The Morgan fingerprint density at radius 3 is 2.53 bits per heavy atom. The number of aryl methyl sites for hydroxylation is 1. The zero-order chi connectivity index (χ0) is 22.9. The fourth-order valence-electron chi connectivity index (χ4n) is 5.23. The molecule has 1 fully saturated rings. The molecule has 5 heterocycles. The van der Waals surface area contributed by atoms with E-state index in [9.17, 15) is 18.0 Å². The van der Waals surface area contributed by atoms with Gasteiger partial charge in [0.05, 0.1) is 11.2 Å². The summed E-state index contributed by atoms with van der Waals surface area (Å²) in [5.74, 6) is -1.21. The number of halogens is 4. The third-order valence-electron chi connectivity index (χ3n) is 6.81. The minimum atomic E-state index is -4.60. The van der Waals surface area contributed by atoms with Crippen LogP contribution in [0.5, 0.6) is 0 Å². The third-order valence-corrected chi connectivity index (χ3v) is 6.81. The third kappa shape index (κ3) is 3.50. The van der Waals surface area contributed by atoms with Crippen molar-refractivity contribution < 1.29 is 13.2 Å². The summed E-state index contributed by atoms with van der Waals surface area (Å²) in [6.07, 6.45) is 2.54. The molecule has 2 atom stereocenters. The van der Waals surface area contributed by atoms with Crippen LogP contribution < -0.4 is 10.9 Å². The zero-order valence-electron chi connectivity index (χ0n) is 18.1. The summed E-state index contributed by atoms with van der Waals surface area (Å²) in [4.78, 5) is 19.6. The minimum absolute atomic E-state index is 0. The highest BCUT2D eigenvalue weighted by atomic mass is 35.5. The van der Waals surface area contributed by atoms with Crippen LogP contribution in [0.15, 0.2) is 53.7 Å². The lowest BCUT2D eigenvalue weighted by Crippen LogP contribution is -2.32. The maximum absolute atomic E-state index is 12.9. The number of alkyl halides is 3. The average molecular weight is 488 g/mol. The summed E-state index contributed by atoms with van der Waals surface area (Å²) in [6, 6.07) is 10.0. The van der Waals surface area contributed by atoms with Gasteiger partial charge in [0.1, 0.15) is 0 Å². The molecule has 2 aliphatic rings. The van der Waals surface area contributed by atoms with E-state index < -0.39 is 12.0 Å². The first-order valence-electron chi connectivity index (χ1n) is 10.8. The van der Waals surface area contributed by atoms with Crippen LogP contribution in [0.1, 0.15) is 36.0 Å². The molecule has 6 nitrogen and oxygen atoms in total. The van der Waals surface area contributed by atoms with Crippen LogP contribution in [0, 0.1) is 0 Å². The molecule has 6 rings (SSSR count). The van der Waals surface area contributed by atoms with Gasteiger partial charge in [-0.05, 0) is 42.2 Å². The summed E-state index contributed by atoms with van der Waals surface area (Å²) in [5.41, 5.74) is 5.07. The maximum Gasteiger partial charge on any atom is 0.451 e. The summed E-state index contributed by atoms with van der Waals surface area (Å²) in [6.45, 7) is 0. The molecular formula is C24H21ClF3N5O. The highest BCUT2D eigenvalue weighted by Gasteiger charge is 2.36. The molecule has 0 aliphatic carbocycles. The Morgan fingerprint density at radius 2 is 1.82 bits per heavy atom. The molecule has 0 amide bonds. The Kier molecular flexibility index (Phi) is 5.29. The van der Waals surface area contributed by atoms with E-state index in [0.29, 0.717) is 23.2 Å². The van der Waals surface area contributed by atoms with Crippen LogP contribution in [0.25, 0.3) is 27.7 Å². The van der Waals surface area contributed by atoms with Crippen molar-refractivity contribution in [3.8, 4) is 16.8 Å². The first-order chi connectivity index (χ1) is 15.8.